The highest BCUT2D eigenvalue weighted by molar-refractivity contribution is 6.30. The van der Waals surface area contributed by atoms with Gasteiger partial charge >= 0.3 is 0 Å². The summed E-state index contributed by atoms with van der Waals surface area (Å²) in [6.07, 6.45) is 0.690. The number of aromatic nitrogens is 2. The molecule has 6 nitrogen and oxygen atoms in total. The summed E-state index contributed by atoms with van der Waals surface area (Å²) < 4.78 is 16.1. The predicted molar refractivity (Wildman–Crippen MR) is 81.5 cm³/mol. The molecule has 0 saturated carbocycles. The van der Waals surface area contributed by atoms with Crippen molar-refractivity contribution in [2.45, 2.75) is 25.7 Å². The second-order valence-corrected chi connectivity index (χ2v) is 5.54. The molecule has 2 heterocycles. The summed E-state index contributed by atoms with van der Waals surface area (Å²) in [7, 11) is 0. The Balaban J connectivity index is 1.54. The monoisotopic (exact) mass is 323 g/mol. The van der Waals surface area contributed by atoms with Gasteiger partial charge in [0, 0.05) is 23.6 Å². The van der Waals surface area contributed by atoms with Crippen LogP contribution in [0, 0.1) is 0 Å². The maximum absolute atomic E-state index is 5.87. The minimum Gasteiger partial charge on any atom is -0.350 e. The first-order chi connectivity index (χ1) is 10.7. The van der Waals surface area contributed by atoms with Gasteiger partial charge in [-0.15, -0.1) is 0 Å². The number of hydrogen-bond donors (Lipinski definition) is 1. The molecule has 1 saturated heterocycles. The molecule has 0 spiro atoms. The highest BCUT2D eigenvalue weighted by Crippen LogP contribution is 2.20. The van der Waals surface area contributed by atoms with Gasteiger partial charge in [-0.1, -0.05) is 16.8 Å². The van der Waals surface area contributed by atoms with Gasteiger partial charge in [0.25, 0.3) is 0 Å². The Morgan fingerprint density at radius 1 is 1.27 bits per heavy atom. The second kappa shape index (κ2) is 7.19. The van der Waals surface area contributed by atoms with E-state index in [0.29, 0.717) is 30.0 Å². The van der Waals surface area contributed by atoms with Crippen LogP contribution >= 0.6 is 11.6 Å². The molecule has 22 heavy (non-hydrogen) atoms. The van der Waals surface area contributed by atoms with Crippen molar-refractivity contribution in [3.05, 3.63) is 35.2 Å². The van der Waals surface area contributed by atoms with Gasteiger partial charge in [-0.2, -0.15) is 4.98 Å². The molecular formula is C15H18ClN3O3. The van der Waals surface area contributed by atoms with Gasteiger partial charge in [0.1, 0.15) is 0 Å². The van der Waals surface area contributed by atoms with Gasteiger partial charge in [0.2, 0.25) is 11.7 Å². The summed E-state index contributed by atoms with van der Waals surface area (Å²) in [5.41, 5.74) is 0.874. The van der Waals surface area contributed by atoms with E-state index >= 15 is 0 Å². The van der Waals surface area contributed by atoms with E-state index in [-0.39, 0.29) is 12.3 Å². The normalized spacial score (nSPS) is 17.0. The molecule has 1 atom stereocenters. The van der Waals surface area contributed by atoms with E-state index in [1.807, 2.05) is 19.1 Å². The van der Waals surface area contributed by atoms with E-state index in [1.165, 1.54) is 0 Å². The van der Waals surface area contributed by atoms with Crippen LogP contribution in [0.25, 0.3) is 11.4 Å². The molecule has 1 aliphatic heterocycles. The Labute approximate surface area is 133 Å². The fraction of sp³-hybridized carbons (Fsp3) is 0.467. The smallest absolute Gasteiger partial charge is 0.243 e. The van der Waals surface area contributed by atoms with Gasteiger partial charge in [-0.3, -0.25) is 0 Å². The van der Waals surface area contributed by atoms with Gasteiger partial charge in [-0.25, -0.2) is 0 Å². The van der Waals surface area contributed by atoms with Crippen LogP contribution in [0.5, 0.6) is 0 Å². The van der Waals surface area contributed by atoms with Crippen LogP contribution in [0.2, 0.25) is 5.02 Å². The number of halogens is 1. The maximum atomic E-state index is 5.87. The fourth-order valence-corrected chi connectivity index (χ4v) is 2.33. The van der Waals surface area contributed by atoms with Crippen LogP contribution < -0.4 is 5.32 Å². The van der Waals surface area contributed by atoms with Gasteiger partial charge in [-0.05, 0) is 31.2 Å². The first kappa shape index (κ1) is 15.4. The molecule has 1 fully saturated rings. The van der Waals surface area contributed by atoms with Gasteiger partial charge < -0.3 is 19.3 Å². The standard InChI is InChI=1S/C15H18ClN3O3/c1-10(17-7-6-13-20-8-9-21-13)15-18-14(19-22-15)11-2-4-12(16)5-3-11/h2-5,10,13,17H,6-9H2,1H3. The zero-order valence-corrected chi connectivity index (χ0v) is 13.0. The van der Waals surface area contributed by atoms with E-state index in [4.69, 9.17) is 25.6 Å². The number of ether oxygens (including phenoxy) is 2. The zero-order chi connectivity index (χ0) is 15.4. The molecular weight excluding hydrogens is 306 g/mol. The van der Waals surface area contributed by atoms with Crippen LogP contribution in [-0.4, -0.2) is 36.2 Å². The first-order valence-electron chi connectivity index (χ1n) is 7.28. The van der Waals surface area contributed by atoms with Crippen LogP contribution in [0.1, 0.15) is 25.3 Å². The lowest BCUT2D eigenvalue weighted by Gasteiger charge is -2.12. The highest BCUT2D eigenvalue weighted by atomic mass is 35.5. The number of nitrogens with zero attached hydrogens (tertiary/aromatic N) is 2. The summed E-state index contributed by atoms with van der Waals surface area (Å²) in [6.45, 7) is 4.09. The third kappa shape index (κ3) is 3.84. The quantitative estimate of drug-likeness (QED) is 0.881. The van der Waals surface area contributed by atoms with E-state index in [1.54, 1.807) is 12.1 Å². The number of benzene rings is 1. The molecule has 1 aliphatic rings. The summed E-state index contributed by atoms with van der Waals surface area (Å²) in [5, 5.41) is 8.01. The molecule has 1 aromatic carbocycles. The van der Waals surface area contributed by atoms with Gasteiger partial charge in [0.15, 0.2) is 6.29 Å². The minimum absolute atomic E-state index is 0.0325. The van der Waals surface area contributed by atoms with Crippen molar-refractivity contribution in [2.75, 3.05) is 19.8 Å². The Morgan fingerprint density at radius 3 is 2.73 bits per heavy atom. The molecule has 3 rings (SSSR count). The first-order valence-corrected chi connectivity index (χ1v) is 7.66. The number of nitrogens with one attached hydrogen (secondary N) is 1. The average molecular weight is 324 g/mol. The van der Waals surface area contributed by atoms with Crippen molar-refractivity contribution in [1.82, 2.24) is 15.5 Å². The Kier molecular flexibility index (Phi) is 5.04. The summed E-state index contributed by atoms with van der Waals surface area (Å²) in [5.74, 6) is 1.11. The summed E-state index contributed by atoms with van der Waals surface area (Å²) in [4.78, 5) is 4.41. The van der Waals surface area contributed by atoms with E-state index in [0.717, 1.165) is 18.5 Å². The molecule has 0 radical (unpaired) electrons. The second-order valence-electron chi connectivity index (χ2n) is 5.10. The number of hydrogen-bond acceptors (Lipinski definition) is 6. The Hall–Kier alpha value is -1.47. The SMILES string of the molecule is CC(NCCC1OCCO1)c1nc(-c2ccc(Cl)cc2)no1. The van der Waals surface area contributed by atoms with Crippen molar-refractivity contribution in [1.29, 1.82) is 0 Å². The molecule has 1 unspecified atom stereocenters. The Morgan fingerprint density at radius 2 is 2.00 bits per heavy atom. The number of rotatable bonds is 6. The largest absolute Gasteiger partial charge is 0.350 e. The Bertz CT molecular complexity index is 596. The van der Waals surface area contributed by atoms with Crippen molar-refractivity contribution < 1.29 is 14.0 Å². The topological polar surface area (TPSA) is 69.4 Å². The third-order valence-electron chi connectivity index (χ3n) is 3.44. The zero-order valence-electron chi connectivity index (χ0n) is 12.3. The van der Waals surface area contributed by atoms with E-state index in [9.17, 15) is 0 Å². The molecule has 0 bridgehead atoms. The van der Waals surface area contributed by atoms with Gasteiger partial charge in [0.05, 0.1) is 19.3 Å². The van der Waals surface area contributed by atoms with Crippen molar-refractivity contribution in [2.24, 2.45) is 0 Å². The van der Waals surface area contributed by atoms with Crippen LogP contribution in [-0.2, 0) is 9.47 Å². The summed E-state index contributed by atoms with van der Waals surface area (Å²) in [6, 6.07) is 7.30. The minimum atomic E-state index is -0.105. The van der Waals surface area contributed by atoms with Crippen LogP contribution in [0.15, 0.2) is 28.8 Å². The average Bonchev–Trinajstić information content (AvgIpc) is 3.19. The lowest BCUT2D eigenvalue weighted by molar-refractivity contribution is -0.0463. The molecule has 0 amide bonds. The summed E-state index contributed by atoms with van der Waals surface area (Å²) >= 11 is 5.87. The van der Waals surface area contributed by atoms with E-state index < -0.39 is 0 Å². The molecule has 1 N–H and O–H groups in total. The molecule has 1 aromatic heterocycles. The highest BCUT2D eigenvalue weighted by Gasteiger charge is 2.18. The van der Waals surface area contributed by atoms with Crippen LogP contribution in [0.3, 0.4) is 0 Å². The third-order valence-corrected chi connectivity index (χ3v) is 3.69. The maximum Gasteiger partial charge on any atom is 0.243 e. The van der Waals surface area contributed by atoms with Crippen molar-refractivity contribution in [3.63, 3.8) is 0 Å². The fourth-order valence-electron chi connectivity index (χ4n) is 2.21. The predicted octanol–water partition coefficient (Wildman–Crippen LogP) is 2.80. The lowest BCUT2D eigenvalue weighted by atomic mass is 10.2. The molecule has 7 heteroatoms. The lowest BCUT2D eigenvalue weighted by Crippen LogP contribution is -2.24. The molecule has 0 aliphatic carbocycles. The van der Waals surface area contributed by atoms with E-state index in [2.05, 4.69) is 15.5 Å². The van der Waals surface area contributed by atoms with Crippen LogP contribution in [0.4, 0.5) is 0 Å². The van der Waals surface area contributed by atoms with Crippen molar-refractivity contribution >= 4 is 11.6 Å². The molecule has 2 aromatic rings. The molecule has 118 valence electrons. The van der Waals surface area contributed by atoms with Crippen molar-refractivity contribution in [3.8, 4) is 11.4 Å².